The maximum atomic E-state index is 12.1. The van der Waals surface area contributed by atoms with E-state index in [0.29, 0.717) is 30.0 Å². The monoisotopic (exact) mass is 289 g/mol. The van der Waals surface area contributed by atoms with Crippen molar-refractivity contribution in [1.82, 2.24) is 4.98 Å². The van der Waals surface area contributed by atoms with Crippen molar-refractivity contribution < 1.29 is 18.3 Å². The van der Waals surface area contributed by atoms with Crippen LogP contribution in [0.25, 0.3) is 0 Å². The standard InChI is InChI=1S/C13H14ClF2NO2/c1-9(12(15)16)4-2-3-7-19-13(18)10-5-6-11(14)17-8-10/h5-6,8H,2-4,7H2,1H3. The zero-order chi connectivity index (χ0) is 14.3. The van der Waals surface area contributed by atoms with Crippen molar-refractivity contribution in [2.75, 3.05) is 6.61 Å². The number of unbranched alkanes of at least 4 members (excludes halogenated alkanes) is 1. The van der Waals surface area contributed by atoms with Gasteiger partial charge in [-0.25, -0.2) is 9.78 Å². The van der Waals surface area contributed by atoms with Crippen LogP contribution in [0.1, 0.15) is 36.5 Å². The number of nitrogens with zero attached hydrogens (tertiary/aromatic N) is 1. The lowest BCUT2D eigenvalue weighted by Crippen LogP contribution is -2.06. The predicted molar refractivity (Wildman–Crippen MR) is 68.3 cm³/mol. The van der Waals surface area contributed by atoms with Gasteiger partial charge in [0, 0.05) is 6.20 Å². The van der Waals surface area contributed by atoms with Crippen molar-refractivity contribution in [1.29, 1.82) is 0 Å². The van der Waals surface area contributed by atoms with Crippen molar-refractivity contribution >= 4 is 17.6 Å². The molecular weight excluding hydrogens is 276 g/mol. The van der Waals surface area contributed by atoms with Crippen LogP contribution in [0, 0.1) is 0 Å². The first kappa shape index (κ1) is 15.6. The van der Waals surface area contributed by atoms with Crippen LogP contribution < -0.4 is 0 Å². The van der Waals surface area contributed by atoms with E-state index in [1.807, 2.05) is 0 Å². The fourth-order valence-electron chi connectivity index (χ4n) is 1.33. The van der Waals surface area contributed by atoms with Gasteiger partial charge < -0.3 is 4.74 Å². The summed E-state index contributed by atoms with van der Waals surface area (Å²) in [6.45, 7) is 1.59. The molecule has 1 rings (SSSR count). The summed E-state index contributed by atoms with van der Waals surface area (Å²) in [7, 11) is 0. The minimum atomic E-state index is -1.63. The van der Waals surface area contributed by atoms with Gasteiger partial charge in [0.15, 0.2) is 0 Å². The Bertz CT molecular complexity index is 456. The average Bonchev–Trinajstić information content (AvgIpc) is 2.38. The summed E-state index contributed by atoms with van der Waals surface area (Å²) in [6.07, 6.45) is 1.09. The lowest BCUT2D eigenvalue weighted by molar-refractivity contribution is 0.0498. The van der Waals surface area contributed by atoms with Crippen LogP contribution in [-0.2, 0) is 4.74 Å². The molecule has 19 heavy (non-hydrogen) atoms. The summed E-state index contributed by atoms with van der Waals surface area (Å²) < 4.78 is 29.2. The number of halogens is 3. The molecule has 6 heteroatoms. The van der Waals surface area contributed by atoms with Gasteiger partial charge in [-0.15, -0.1) is 0 Å². The number of esters is 1. The molecule has 1 aromatic rings. The molecule has 0 aromatic carbocycles. The van der Waals surface area contributed by atoms with Crippen molar-refractivity contribution in [2.45, 2.75) is 26.2 Å². The van der Waals surface area contributed by atoms with Crippen LogP contribution in [0.4, 0.5) is 8.78 Å². The Kier molecular flexibility index (Phi) is 6.42. The molecule has 3 nitrogen and oxygen atoms in total. The van der Waals surface area contributed by atoms with Crippen LogP contribution in [0.5, 0.6) is 0 Å². The number of hydrogen-bond acceptors (Lipinski definition) is 3. The Morgan fingerprint density at radius 3 is 2.68 bits per heavy atom. The van der Waals surface area contributed by atoms with Gasteiger partial charge in [-0.1, -0.05) is 11.6 Å². The Balaban J connectivity index is 2.25. The summed E-state index contributed by atoms with van der Waals surface area (Å²) in [5, 5.41) is 0.298. The fraction of sp³-hybridized carbons (Fsp3) is 0.385. The third-order valence-electron chi connectivity index (χ3n) is 2.46. The van der Waals surface area contributed by atoms with Gasteiger partial charge in [-0.2, -0.15) is 8.78 Å². The van der Waals surface area contributed by atoms with Crippen LogP contribution in [0.15, 0.2) is 30.0 Å². The van der Waals surface area contributed by atoms with Crippen LogP contribution >= 0.6 is 11.6 Å². The highest BCUT2D eigenvalue weighted by Gasteiger charge is 2.07. The van der Waals surface area contributed by atoms with Gasteiger partial charge in [-0.05, 0) is 43.9 Å². The number of rotatable bonds is 6. The largest absolute Gasteiger partial charge is 0.462 e. The second-order valence-corrected chi connectivity index (χ2v) is 4.39. The molecule has 0 N–H and O–H groups in total. The highest BCUT2D eigenvalue weighted by Crippen LogP contribution is 2.14. The topological polar surface area (TPSA) is 39.2 Å². The van der Waals surface area contributed by atoms with E-state index in [9.17, 15) is 13.6 Å². The Labute approximate surface area is 115 Å². The van der Waals surface area contributed by atoms with E-state index in [2.05, 4.69) is 4.98 Å². The van der Waals surface area contributed by atoms with Crippen molar-refractivity contribution in [3.05, 3.63) is 40.7 Å². The Morgan fingerprint density at radius 1 is 1.37 bits per heavy atom. The van der Waals surface area contributed by atoms with Gasteiger partial charge in [-0.3, -0.25) is 0 Å². The molecule has 0 saturated carbocycles. The Hall–Kier alpha value is -1.49. The second-order valence-electron chi connectivity index (χ2n) is 4.00. The third-order valence-corrected chi connectivity index (χ3v) is 2.69. The zero-order valence-corrected chi connectivity index (χ0v) is 11.2. The van der Waals surface area contributed by atoms with Gasteiger partial charge >= 0.3 is 5.97 Å². The first-order valence-corrected chi connectivity index (χ1v) is 6.18. The molecule has 1 aromatic heterocycles. The van der Waals surface area contributed by atoms with E-state index in [1.54, 1.807) is 0 Å². The van der Waals surface area contributed by atoms with Crippen LogP contribution in [-0.4, -0.2) is 17.6 Å². The number of allylic oxidation sites excluding steroid dienone is 1. The summed E-state index contributed by atoms with van der Waals surface area (Å²) in [5.74, 6) is -0.492. The Morgan fingerprint density at radius 2 is 2.11 bits per heavy atom. The average molecular weight is 290 g/mol. The summed E-state index contributed by atoms with van der Waals surface area (Å²) >= 11 is 5.59. The van der Waals surface area contributed by atoms with E-state index < -0.39 is 12.0 Å². The molecule has 0 saturated heterocycles. The third kappa shape index (κ3) is 5.79. The number of aromatic nitrogens is 1. The molecular formula is C13H14ClF2NO2. The summed E-state index contributed by atoms with van der Waals surface area (Å²) in [4.78, 5) is 15.3. The maximum Gasteiger partial charge on any atom is 0.339 e. The molecule has 0 spiro atoms. The van der Waals surface area contributed by atoms with Gasteiger partial charge in [0.2, 0.25) is 0 Å². The van der Waals surface area contributed by atoms with Gasteiger partial charge in [0.1, 0.15) is 5.15 Å². The molecule has 0 fully saturated rings. The minimum Gasteiger partial charge on any atom is -0.462 e. The predicted octanol–water partition coefficient (Wildman–Crippen LogP) is 4.23. The smallest absolute Gasteiger partial charge is 0.339 e. The zero-order valence-electron chi connectivity index (χ0n) is 10.5. The summed E-state index contributed by atoms with van der Waals surface area (Å²) in [5.41, 5.74) is 0.392. The highest BCUT2D eigenvalue weighted by molar-refractivity contribution is 6.29. The normalized spacial score (nSPS) is 10.1. The lowest BCUT2D eigenvalue weighted by Gasteiger charge is -2.04. The number of carbonyl (C=O) groups is 1. The summed E-state index contributed by atoms with van der Waals surface area (Å²) in [6, 6.07) is 3.01. The number of carbonyl (C=O) groups excluding carboxylic acids is 1. The number of pyridine rings is 1. The van der Waals surface area contributed by atoms with Crippen molar-refractivity contribution in [2.24, 2.45) is 0 Å². The molecule has 0 aliphatic rings. The fourth-order valence-corrected chi connectivity index (χ4v) is 1.44. The van der Waals surface area contributed by atoms with Gasteiger partial charge in [0.25, 0.3) is 6.08 Å². The van der Waals surface area contributed by atoms with E-state index in [1.165, 1.54) is 25.3 Å². The second kappa shape index (κ2) is 7.84. The first-order chi connectivity index (χ1) is 9.00. The molecule has 1 heterocycles. The highest BCUT2D eigenvalue weighted by atomic mass is 35.5. The number of hydrogen-bond donors (Lipinski definition) is 0. The van der Waals surface area contributed by atoms with E-state index in [0.717, 1.165) is 0 Å². The van der Waals surface area contributed by atoms with Crippen LogP contribution in [0.3, 0.4) is 0 Å². The lowest BCUT2D eigenvalue weighted by atomic mass is 10.1. The quantitative estimate of drug-likeness (QED) is 0.447. The van der Waals surface area contributed by atoms with Gasteiger partial charge in [0.05, 0.1) is 12.2 Å². The van der Waals surface area contributed by atoms with E-state index in [-0.39, 0.29) is 12.2 Å². The van der Waals surface area contributed by atoms with E-state index in [4.69, 9.17) is 16.3 Å². The van der Waals surface area contributed by atoms with E-state index >= 15 is 0 Å². The van der Waals surface area contributed by atoms with Crippen LogP contribution in [0.2, 0.25) is 5.15 Å². The van der Waals surface area contributed by atoms with Crippen molar-refractivity contribution in [3.63, 3.8) is 0 Å². The number of ether oxygens (including phenoxy) is 1. The minimum absolute atomic E-state index is 0.0771. The molecule has 0 atom stereocenters. The molecule has 0 aliphatic carbocycles. The first-order valence-electron chi connectivity index (χ1n) is 5.80. The SMILES string of the molecule is CC(CCCCOC(=O)c1ccc(Cl)nc1)=C(F)F. The van der Waals surface area contributed by atoms with Crippen molar-refractivity contribution in [3.8, 4) is 0 Å². The molecule has 0 bridgehead atoms. The molecule has 0 unspecified atom stereocenters. The molecule has 104 valence electrons. The molecule has 0 amide bonds. The molecule has 0 aliphatic heterocycles. The maximum absolute atomic E-state index is 12.1. The molecule has 0 radical (unpaired) electrons.